The minimum atomic E-state index is 0.151. The third kappa shape index (κ3) is 18.1. The summed E-state index contributed by atoms with van der Waals surface area (Å²) < 4.78 is 5.38. The molecule has 0 spiro atoms. The molecule has 6 heteroatoms. The Balaban J connectivity index is 3.12. The number of ether oxygens (including phenoxy) is 1. The number of unbranched alkanes of at least 4 members (excludes halogenated alkanes) is 5. The van der Waals surface area contributed by atoms with Crippen LogP contribution in [0, 0.1) is 0 Å². The lowest BCUT2D eigenvalue weighted by molar-refractivity contribution is -0.121. The highest BCUT2D eigenvalue weighted by Crippen LogP contribution is 2.05. The fraction of sp³-hybridized carbons (Fsp3) is 0.938. The Bertz CT molecular complexity index is 244. The van der Waals surface area contributed by atoms with Gasteiger partial charge in [0.15, 0.2) is 0 Å². The van der Waals surface area contributed by atoms with Crippen molar-refractivity contribution in [3.63, 3.8) is 0 Å². The molecule has 132 valence electrons. The Kier molecular flexibility index (Phi) is 19.2. The van der Waals surface area contributed by atoms with Gasteiger partial charge in [0.1, 0.15) is 0 Å². The SMILES string of the molecule is CCNCCCCCCCCNC(=O)CCCOCCSS. The van der Waals surface area contributed by atoms with Crippen LogP contribution in [0.1, 0.15) is 58.3 Å². The van der Waals surface area contributed by atoms with Crippen molar-refractivity contribution < 1.29 is 9.53 Å². The standard InChI is InChI=1S/C16H34N2O2S2/c1-2-17-11-7-5-3-4-6-8-12-18-16(19)10-9-13-20-14-15-22-21/h17,21H,2-15H2,1H3,(H,18,19). The van der Waals surface area contributed by atoms with Gasteiger partial charge in [-0.1, -0.05) is 43.4 Å². The molecule has 0 fully saturated rings. The van der Waals surface area contributed by atoms with E-state index in [9.17, 15) is 4.79 Å². The van der Waals surface area contributed by atoms with E-state index in [1.807, 2.05) is 0 Å². The lowest BCUT2D eigenvalue weighted by atomic mass is 10.1. The molecular weight excluding hydrogens is 316 g/mol. The van der Waals surface area contributed by atoms with E-state index >= 15 is 0 Å². The fourth-order valence-corrected chi connectivity index (χ4v) is 2.52. The first-order valence-corrected chi connectivity index (χ1v) is 10.7. The molecule has 0 aromatic carbocycles. The van der Waals surface area contributed by atoms with Crippen LogP contribution in [-0.2, 0) is 9.53 Å². The minimum absolute atomic E-state index is 0.151. The summed E-state index contributed by atoms with van der Waals surface area (Å²) in [5, 5.41) is 6.32. The number of rotatable bonds is 17. The van der Waals surface area contributed by atoms with Crippen molar-refractivity contribution in [3.05, 3.63) is 0 Å². The zero-order valence-electron chi connectivity index (χ0n) is 14.1. The highest BCUT2D eigenvalue weighted by atomic mass is 33.1. The monoisotopic (exact) mass is 350 g/mol. The van der Waals surface area contributed by atoms with Gasteiger partial charge >= 0.3 is 0 Å². The number of nitrogens with one attached hydrogen (secondary N) is 2. The summed E-state index contributed by atoms with van der Waals surface area (Å²) in [5.41, 5.74) is 0. The second kappa shape index (κ2) is 19.1. The molecule has 2 N–H and O–H groups in total. The van der Waals surface area contributed by atoms with Crippen molar-refractivity contribution in [2.75, 3.05) is 38.6 Å². The molecule has 0 unspecified atom stereocenters. The van der Waals surface area contributed by atoms with Crippen LogP contribution in [0.5, 0.6) is 0 Å². The Morgan fingerprint density at radius 2 is 1.68 bits per heavy atom. The Morgan fingerprint density at radius 1 is 1.00 bits per heavy atom. The van der Waals surface area contributed by atoms with Gasteiger partial charge in [-0.15, -0.1) is 11.7 Å². The molecule has 1 amide bonds. The minimum Gasteiger partial charge on any atom is -0.381 e. The average molecular weight is 351 g/mol. The van der Waals surface area contributed by atoms with Crippen LogP contribution in [-0.4, -0.2) is 44.5 Å². The van der Waals surface area contributed by atoms with E-state index in [4.69, 9.17) is 4.74 Å². The van der Waals surface area contributed by atoms with Gasteiger partial charge < -0.3 is 15.4 Å². The van der Waals surface area contributed by atoms with E-state index in [0.29, 0.717) is 19.6 Å². The molecule has 0 aliphatic heterocycles. The molecule has 0 saturated carbocycles. The van der Waals surface area contributed by atoms with E-state index in [-0.39, 0.29) is 5.91 Å². The number of thiol groups is 1. The van der Waals surface area contributed by atoms with Crippen molar-refractivity contribution in [2.24, 2.45) is 0 Å². The Labute approximate surface area is 145 Å². The zero-order valence-corrected chi connectivity index (χ0v) is 15.8. The lowest BCUT2D eigenvalue weighted by Crippen LogP contribution is -2.24. The van der Waals surface area contributed by atoms with Gasteiger partial charge in [-0.05, 0) is 32.4 Å². The Hall–Kier alpha value is 0.0900. The van der Waals surface area contributed by atoms with Crippen LogP contribution in [0.15, 0.2) is 0 Å². The quantitative estimate of drug-likeness (QED) is 0.214. The van der Waals surface area contributed by atoms with Gasteiger partial charge in [0.25, 0.3) is 0 Å². The normalized spacial score (nSPS) is 10.8. The molecule has 0 aliphatic rings. The van der Waals surface area contributed by atoms with E-state index in [2.05, 4.69) is 29.2 Å². The van der Waals surface area contributed by atoms with E-state index in [1.54, 1.807) is 0 Å². The van der Waals surface area contributed by atoms with E-state index < -0.39 is 0 Å². The molecule has 0 aromatic rings. The number of hydrogen-bond donors (Lipinski definition) is 3. The summed E-state index contributed by atoms with van der Waals surface area (Å²) in [5.74, 6) is 1.04. The van der Waals surface area contributed by atoms with Gasteiger partial charge in [-0.3, -0.25) is 4.79 Å². The van der Waals surface area contributed by atoms with Crippen molar-refractivity contribution in [1.29, 1.82) is 0 Å². The zero-order chi connectivity index (χ0) is 16.3. The smallest absolute Gasteiger partial charge is 0.220 e. The fourth-order valence-electron chi connectivity index (χ4n) is 2.11. The molecule has 0 saturated heterocycles. The summed E-state index contributed by atoms with van der Waals surface area (Å²) in [7, 11) is 1.48. The van der Waals surface area contributed by atoms with Gasteiger partial charge in [0, 0.05) is 25.3 Å². The molecule has 0 heterocycles. The predicted molar refractivity (Wildman–Crippen MR) is 101 cm³/mol. The van der Waals surface area contributed by atoms with Crippen molar-refractivity contribution in [2.45, 2.75) is 58.3 Å². The number of hydrogen-bond acceptors (Lipinski definition) is 5. The average Bonchev–Trinajstić information content (AvgIpc) is 2.52. The van der Waals surface area contributed by atoms with Crippen molar-refractivity contribution in [3.8, 4) is 0 Å². The summed E-state index contributed by atoms with van der Waals surface area (Å²) >= 11 is 4.04. The predicted octanol–water partition coefficient (Wildman–Crippen LogP) is 3.43. The van der Waals surface area contributed by atoms with Crippen LogP contribution in [0.2, 0.25) is 0 Å². The maximum absolute atomic E-state index is 11.6. The molecule has 0 bridgehead atoms. The topological polar surface area (TPSA) is 50.4 Å². The third-order valence-electron chi connectivity index (χ3n) is 3.36. The first-order valence-electron chi connectivity index (χ1n) is 8.62. The van der Waals surface area contributed by atoms with Crippen LogP contribution < -0.4 is 10.6 Å². The summed E-state index contributed by atoms with van der Waals surface area (Å²) in [6.07, 6.45) is 8.85. The number of amides is 1. The number of carbonyl (C=O) groups is 1. The molecule has 4 nitrogen and oxygen atoms in total. The maximum atomic E-state index is 11.6. The van der Waals surface area contributed by atoms with Crippen LogP contribution in [0.4, 0.5) is 0 Å². The molecule has 22 heavy (non-hydrogen) atoms. The van der Waals surface area contributed by atoms with Gasteiger partial charge in [-0.2, -0.15) is 0 Å². The third-order valence-corrected chi connectivity index (χ3v) is 4.26. The van der Waals surface area contributed by atoms with Gasteiger partial charge in [0.05, 0.1) is 6.61 Å². The molecule has 0 radical (unpaired) electrons. The number of carbonyl (C=O) groups excluding carboxylic acids is 1. The molecule has 0 aliphatic carbocycles. The van der Waals surface area contributed by atoms with Crippen LogP contribution >= 0.6 is 22.5 Å². The first kappa shape index (κ1) is 22.1. The molecule has 0 aromatic heterocycles. The molecule has 0 atom stereocenters. The second-order valence-electron chi connectivity index (χ2n) is 5.37. The lowest BCUT2D eigenvalue weighted by Gasteiger charge is -2.06. The van der Waals surface area contributed by atoms with Gasteiger partial charge in [0.2, 0.25) is 5.91 Å². The first-order chi connectivity index (χ1) is 10.8. The highest BCUT2D eigenvalue weighted by molar-refractivity contribution is 8.68. The molecular formula is C16H34N2O2S2. The van der Waals surface area contributed by atoms with Crippen LogP contribution in [0.3, 0.4) is 0 Å². The maximum Gasteiger partial charge on any atom is 0.220 e. The van der Waals surface area contributed by atoms with Crippen molar-refractivity contribution in [1.82, 2.24) is 10.6 Å². The summed E-state index contributed by atoms with van der Waals surface area (Å²) in [6.45, 7) is 6.54. The van der Waals surface area contributed by atoms with Gasteiger partial charge in [-0.25, -0.2) is 0 Å². The molecule has 0 rings (SSSR count). The largest absolute Gasteiger partial charge is 0.381 e. The van der Waals surface area contributed by atoms with Crippen LogP contribution in [0.25, 0.3) is 0 Å². The highest BCUT2D eigenvalue weighted by Gasteiger charge is 2.00. The van der Waals surface area contributed by atoms with Crippen molar-refractivity contribution >= 4 is 28.4 Å². The van der Waals surface area contributed by atoms with E-state index in [0.717, 1.165) is 38.2 Å². The Morgan fingerprint density at radius 3 is 2.36 bits per heavy atom. The van der Waals surface area contributed by atoms with E-state index in [1.165, 1.54) is 42.9 Å². The summed E-state index contributed by atoms with van der Waals surface area (Å²) in [6, 6.07) is 0. The summed E-state index contributed by atoms with van der Waals surface area (Å²) in [4.78, 5) is 11.6. The second-order valence-corrected chi connectivity index (χ2v) is 6.82.